The molecule has 87 valence electrons. The molecule has 1 N–H and O–H groups in total. The zero-order valence-corrected chi connectivity index (χ0v) is 10.2. The molecule has 1 radical (unpaired) electrons. The van der Waals surface area contributed by atoms with E-state index in [0.29, 0.717) is 6.04 Å². The summed E-state index contributed by atoms with van der Waals surface area (Å²) < 4.78 is 0. The summed E-state index contributed by atoms with van der Waals surface area (Å²) in [7, 11) is 0. The minimum Gasteiger partial charge on any atom is -0.314 e. The second-order valence-electron chi connectivity index (χ2n) is 4.90. The number of rotatable bonds is 2. The van der Waals surface area contributed by atoms with Crippen molar-refractivity contribution in [3.63, 3.8) is 0 Å². The van der Waals surface area contributed by atoms with Crippen molar-refractivity contribution in [3.05, 3.63) is 0 Å². The summed E-state index contributed by atoms with van der Waals surface area (Å²) in [6.45, 7) is 10.7. The molecule has 2 heterocycles. The van der Waals surface area contributed by atoms with Crippen LogP contribution in [0.4, 0.5) is 0 Å². The van der Waals surface area contributed by atoms with Gasteiger partial charge >= 0.3 is 0 Å². The van der Waals surface area contributed by atoms with Gasteiger partial charge in [0.2, 0.25) is 0 Å². The van der Waals surface area contributed by atoms with Crippen LogP contribution >= 0.6 is 0 Å². The molecule has 2 fully saturated rings. The number of nitrogens with one attached hydrogen (secondary N) is 1. The standard InChI is InChI=1S/C12H25N3/c1-3-14-8-5-4-6-12(14)15-9-7-13-10-11(15)2/h11-13H,3-10H2,1-2H3/q+1. The van der Waals surface area contributed by atoms with E-state index in [0.717, 1.165) is 12.7 Å². The Morgan fingerprint density at radius 1 is 1.40 bits per heavy atom. The lowest BCUT2D eigenvalue weighted by molar-refractivity contribution is 0.0327. The second kappa shape index (κ2) is 5.28. The summed E-state index contributed by atoms with van der Waals surface area (Å²) in [6.07, 6.45) is 4.90. The molecule has 15 heavy (non-hydrogen) atoms. The van der Waals surface area contributed by atoms with Crippen LogP contribution in [0, 0.1) is 0 Å². The van der Waals surface area contributed by atoms with Crippen LogP contribution in [0.5, 0.6) is 0 Å². The first kappa shape index (κ1) is 11.4. The lowest BCUT2D eigenvalue weighted by Gasteiger charge is -2.41. The van der Waals surface area contributed by atoms with Crippen LogP contribution < -0.4 is 10.2 Å². The van der Waals surface area contributed by atoms with E-state index >= 15 is 0 Å². The lowest BCUT2D eigenvalue weighted by Crippen LogP contribution is -2.62. The predicted molar refractivity (Wildman–Crippen MR) is 64.2 cm³/mol. The second-order valence-corrected chi connectivity index (χ2v) is 4.90. The van der Waals surface area contributed by atoms with E-state index in [1.165, 1.54) is 45.4 Å². The van der Waals surface area contributed by atoms with Crippen molar-refractivity contribution in [2.45, 2.75) is 45.3 Å². The molecule has 2 aliphatic heterocycles. The maximum absolute atomic E-state index is 3.48. The quantitative estimate of drug-likeness (QED) is 0.687. The number of piperidine rings is 1. The largest absolute Gasteiger partial charge is 0.314 e. The van der Waals surface area contributed by atoms with Gasteiger partial charge in [0, 0.05) is 38.5 Å². The van der Waals surface area contributed by atoms with E-state index in [1.54, 1.807) is 0 Å². The van der Waals surface area contributed by atoms with Gasteiger partial charge in [-0.05, 0) is 20.3 Å². The van der Waals surface area contributed by atoms with Crippen LogP contribution in [0.3, 0.4) is 0 Å². The van der Waals surface area contributed by atoms with Crippen LogP contribution in [-0.2, 0) is 0 Å². The fourth-order valence-corrected chi connectivity index (χ4v) is 3.02. The smallest absolute Gasteiger partial charge is 0.189 e. The van der Waals surface area contributed by atoms with Crippen molar-refractivity contribution in [1.82, 2.24) is 15.1 Å². The molecular formula is C12H25N3+. The van der Waals surface area contributed by atoms with Crippen LogP contribution in [0.2, 0.25) is 0 Å². The van der Waals surface area contributed by atoms with Gasteiger partial charge in [-0.25, -0.2) is 4.90 Å². The van der Waals surface area contributed by atoms with Gasteiger partial charge in [0.25, 0.3) is 0 Å². The molecule has 0 saturated carbocycles. The van der Waals surface area contributed by atoms with Crippen LogP contribution in [0.1, 0.15) is 33.1 Å². The van der Waals surface area contributed by atoms with E-state index in [4.69, 9.17) is 0 Å². The minimum atomic E-state index is 0.705. The molecule has 3 nitrogen and oxygen atoms in total. The molecular weight excluding hydrogens is 186 g/mol. The van der Waals surface area contributed by atoms with Crippen molar-refractivity contribution in [2.24, 2.45) is 0 Å². The fraction of sp³-hybridized carbons (Fsp3) is 1.00. The predicted octanol–water partition coefficient (Wildman–Crippen LogP) is 0.950. The Bertz CT molecular complexity index is 195. The minimum absolute atomic E-state index is 0.705. The van der Waals surface area contributed by atoms with Gasteiger partial charge in [-0.1, -0.05) is 0 Å². The summed E-state index contributed by atoms with van der Waals surface area (Å²) in [5, 5.41) is 3.48. The number of piperazine rings is 1. The third kappa shape index (κ3) is 2.52. The molecule has 0 aromatic carbocycles. The van der Waals surface area contributed by atoms with Crippen molar-refractivity contribution >= 4 is 0 Å². The summed E-state index contributed by atoms with van der Waals surface area (Å²) in [5.74, 6) is 0. The molecule has 2 unspecified atom stereocenters. The molecule has 0 spiro atoms. The lowest BCUT2D eigenvalue weighted by atomic mass is 10.0. The molecule has 2 aliphatic rings. The number of nitrogens with zero attached hydrogens (tertiary/aromatic N) is 2. The molecule has 0 aliphatic carbocycles. The maximum atomic E-state index is 3.48. The Morgan fingerprint density at radius 2 is 2.27 bits per heavy atom. The maximum Gasteiger partial charge on any atom is 0.189 e. The van der Waals surface area contributed by atoms with Crippen molar-refractivity contribution in [3.8, 4) is 0 Å². The summed E-state index contributed by atoms with van der Waals surface area (Å²) in [6, 6.07) is 0.705. The summed E-state index contributed by atoms with van der Waals surface area (Å²) >= 11 is 0. The van der Waals surface area contributed by atoms with E-state index in [-0.39, 0.29) is 0 Å². The average molecular weight is 211 g/mol. The van der Waals surface area contributed by atoms with Crippen LogP contribution in [0.25, 0.3) is 0 Å². The highest BCUT2D eigenvalue weighted by atomic mass is 15.4. The van der Waals surface area contributed by atoms with Crippen molar-refractivity contribution < 1.29 is 0 Å². The zero-order chi connectivity index (χ0) is 10.7. The summed E-state index contributed by atoms with van der Waals surface area (Å²) in [5.41, 5.74) is 0. The first-order valence-electron chi connectivity index (χ1n) is 6.53. The highest BCUT2D eigenvalue weighted by Gasteiger charge is 2.37. The monoisotopic (exact) mass is 211 g/mol. The summed E-state index contributed by atoms with van der Waals surface area (Å²) in [4.78, 5) is 5.37. The SMILES string of the molecule is CC[N+]1CCCCC1N1CCNCC1C. The number of hydrogen-bond donors (Lipinski definition) is 1. The first-order valence-corrected chi connectivity index (χ1v) is 6.53. The first-order chi connectivity index (χ1) is 7.33. The highest BCUT2D eigenvalue weighted by Crippen LogP contribution is 2.20. The molecule has 0 aromatic heterocycles. The van der Waals surface area contributed by atoms with Gasteiger partial charge in [0.05, 0.1) is 0 Å². The third-order valence-electron chi connectivity index (χ3n) is 3.92. The molecule has 2 atom stereocenters. The van der Waals surface area contributed by atoms with E-state index < -0.39 is 0 Å². The Labute approximate surface area is 93.8 Å². The van der Waals surface area contributed by atoms with E-state index in [9.17, 15) is 0 Å². The molecule has 0 amide bonds. The Hall–Kier alpha value is -0.120. The van der Waals surface area contributed by atoms with Gasteiger partial charge in [-0.15, -0.1) is 0 Å². The normalized spacial score (nSPS) is 35.6. The van der Waals surface area contributed by atoms with Crippen LogP contribution in [-0.4, -0.2) is 49.8 Å². The molecule has 2 saturated heterocycles. The molecule has 2 rings (SSSR count). The highest BCUT2D eigenvalue weighted by molar-refractivity contribution is 4.87. The Balaban J connectivity index is 1.99. The van der Waals surface area contributed by atoms with Crippen molar-refractivity contribution in [2.75, 3.05) is 32.7 Å². The average Bonchev–Trinajstić information content (AvgIpc) is 2.30. The number of likely N-dealkylation sites (tertiary alicyclic amines) is 1. The molecule has 0 bridgehead atoms. The van der Waals surface area contributed by atoms with Crippen LogP contribution in [0.15, 0.2) is 0 Å². The van der Waals surface area contributed by atoms with Gasteiger partial charge in [0.1, 0.15) is 13.1 Å². The molecule has 3 heteroatoms. The topological polar surface area (TPSA) is 21.2 Å². The molecule has 0 aromatic rings. The van der Waals surface area contributed by atoms with Gasteiger partial charge in [0.15, 0.2) is 6.17 Å². The van der Waals surface area contributed by atoms with Gasteiger partial charge < -0.3 is 5.32 Å². The van der Waals surface area contributed by atoms with E-state index in [2.05, 4.69) is 29.0 Å². The number of hydrogen-bond acceptors (Lipinski definition) is 3. The van der Waals surface area contributed by atoms with Crippen molar-refractivity contribution in [1.29, 1.82) is 0 Å². The third-order valence-corrected chi connectivity index (χ3v) is 3.92. The van der Waals surface area contributed by atoms with Gasteiger partial charge in [-0.3, -0.25) is 0 Å². The zero-order valence-electron chi connectivity index (χ0n) is 10.2. The van der Waals surface area contributed by atoms with Gasteiger partial charge in [-0.2, -0.15) is 4.90 Å². The Kier molecular flexibility index (Phi) is 4.00. The Morgan fingerprint density at radius 3 is 3.00 bits per heavy atom. The fourth-order valence-electron chi connectivity index (χ4n) is 3.02. The van der Waals surface area contributed by atoms with E-state index in [1.807, 2.05) is 0 Å².